The summed E-state index contributed by atoms with van der Waals surface area (Å²) in [5.41, 5.74) is 1.15. The molecule has 2 aromatic heterocycles. The second kappa shape index (κ2) is 6.75. The Morgan fingerprint density at radius 2 is 2.33 bits per heavy atom. The van der Waals surface area contributed by atoms with Gasteiger partial charge in [-0.3, -0.25) is 0 Å². The molecule has 0 saturated carbocycles. The van der Waals surface area contributed by atoms with Crippen LogP contribution < -0.4 is 5.32 Å². The number of nitrogens with one attached hydrogen (secondary N) is 1. The smallest absolute Gasteiger partial charge is 0.0803 e. The standard InChI is InChI=1S/C12H16BrN3S2/c1-3-4-10-12(18-16-15-10)11(14-2)6-9-5-8(13)7-17-9/h5,7,11,14H,3-4,6H2,1-2H3. The van der Waals surface area contributed by atoms with Gasteiger partial charge < -0.3 is 5.32 Å². The Kier molecular flexibility index (Phi) is 5.29. The van der Waals surface area contributed by atoms with E-state index in [4.69, 9.17) is 0 Å². The molecule has 2 aromatic rings. The summed E-state index contributed by atoms with van der Waals surface area (Å²) in [7, 11) is 2.00. The Labute approximate surface area is 124 Å². The van der Waals surface area contributed by atoms with E-state index in [1.165, 1.54) is 21.3 Å². The molecule has 18 heavy (non-hydrogen) atoms. The third-order valence-electron chi connectivity index (χ3n) is 2.76. The first-order valence-corrected chi connectivity index (χ1v) is 8.40. The molecule has 1 atom stereocenters. The van der Waals surface area contributed by atoms with Crippen LogP contribution in [0, 0.1) is 0 Å². The van der Waals surface area contributed by atoms with Crippen molar-refractivity contribution in [2.24, 2.45) is 0 Å². The number of aromatic nitrogens is 2. The monoisotopic (exact) mass is 345 g/mol. The minimum atomic E-state index is 0.317. The Morgan fingerprint density at radius 1 is 1.50 bits per heavy atom. The topological polar surface area (TPSA) is 37.8 Å². The van der Waals surface area contributed by atoms with Gasteiger partial charge in [0.15, 0.2) is 0 Å². The number of halogens is 1. The lowest BCUT2D eigenvalue weighted by atomic mass is 10.1. The quantitative estimate of drug-likeness (QED) is 0.864. The lowest BCUT2D eigenvalue weighted by molar-refractivity contribution is 0.597. The Hall–Kier alpha value is -0.300. The molecule has 1 N–H and O–H groups in total. The van der Waals surface area contributed by atoms with E-state index < -0.39 is 0 Å². The van der Waals surface area contributed by atoms with Crippen LogP contribution in [0.25, 0.3) is 0 Å². The van der Waals surface area contributed by atoms with Crippen molar-refractivity contribution in [2.45, 2.75) is 32.2 Å². The number of rotatable bonds is 6. The Bertz CT molecular complexity index is 495. The second-order valence-electron chi connectivity index (χ2n) is 4.11. The van der Waals surface area contributed by atoms with Crippen LogP contribution >= 0.6 is 38.8 Å². The van der Waals surface area contributed by atoms with Crippen molar-refractivity contribution in [1.82, 2.24) is 14.9 Å². The molecule has 0 aliphatic carbocycles. The number of hydrogen-bond acceptors (Lipinski definition) is 5. The van der Waals surface area contributed by atoms with Gasteiger partial charge in [0, 0.05) is 27.2 Å². The minimum absolute atomic E-state index is 0.317. The molecule has 3 nitrogen and oxygen atoms in total. The fraction of sp³-hybridized carbons (Fsp3) is 0.500. The molecule has 0 radical (unpaired) electrons. The predicted molar refractivity (Wildman–Crippen MR) is 81.4 cm³/mol. The van der Waals surface area contributed by atoms with Gasteiger partial charge in [0.2, 0.25) is 0 Å². The molecule has 1 unspecified atom stereocenters. The normalized spacial score (nSPS) is 12.8. The molecule has 0 aliphatic heterocycles. The first-order chi connectivity index (χ1) is 8.74. The van der Waals surface area contributed by atoms with E-state index in [9.17, 15) is 0 Å². The van der Waals surface area contributed by atoms with Crippen LogP contribution in [0.2, 0.25) is 0 Å². The number of aryl methyl sites for hydroxylation is 1. The van der Waals surface area contributed by atoms with Crippen molar-refractivity contribution in [2.75, 3.05) is 7.05 Å². The number of hydrogen-bond donors (Lipinski definition) is 1. The van der Waals surface area contributed by atoms with E-state index in [2.05, 4.69) is 49.2 Å². The molecular weight excluding hydrogens is 330 g/mol. The fourth-order valence-corrected chi connectivity index (χ4v) is 4.18. The first kappa shape index (κ1) is 14.1. The van der Waals surface area contributed by atoms with Gasteiger partial charge in [0.25, 0.3) is 0 Å². The SMILES string of the molecule is CCCc1nnsc1C(Cc1cc(Br)cs1)NC. The average Bonchev–Trinajstić information content (AvgIpc) is 2.96. The lowest BCUT2D eigenvalue weighted by Crippen LogP contribution is -2.18. The maximum absolute atomic E-state index is 4.24. The molecule has 0 spiro atoms. The summed E-state index contributed by atoms with van der Waals surface area (Å²) >= 11 is 6.80. The van der Waals surface area contributed by atoms with Gasteiger partial charge in [-0.2, -0.15) is 0 Å². The molecular formula is C12H16BrN3S2. The predicted octanol–water partition coefficient (Wildman–Crippen LogP) is 3.82. The van der Waals surface area contributed by atoms with Crippen molar-refractivity contribution in [3.8, 4) is 0 Å². The number of nitrogens with zero attached hydrogens (tertiary/aromatic N) is 2. The highest BCUT2D eigenvalue weighted by atomic mass is 79.9. The summed E-state index contributed by atoms with van der Waals surface area (Å²) in [5, 5.41) is 9.75. The zero-order valence-electron chi connectivity index (χ0n) is 10.4. The van der Waals surface area contributed by atoms with Crippen LogP contribution in [0.1, 0.15) is 34.8 Å². The zero-order valence-corrected chi connectivity index (χ0v) is 13.7. The number of thiophene rings is 1. The Balaban J connectivity index is 2.14. The summed E-state index contributed by atoms with van der Waals surface area (Å²) in [6.45, 7) is 2.17. The van der Waals surface area contributed by atoms with Crippen LogP contribution in [0.5, 0.6) is 0 Å². The van der Waals surface area contributed by atoms with Crippen molar-refractivity contribution < 1.29 is 0 Å². The highest BCUT2D eigenvalue weighted by Gasteiger charge is 2.18. The molecule has 6 heteroatoms. The Morgan fingerprint density at radius 3 is 2.94 bits per heavy atom. The third-order valence-corrected chi connectivity index (χ3v) is 5.36. The van der Waals surface area contributed by atoms with Crippen LogP contribution in [0.15, 0.2) is 15.9 Å². The number of likely N-dealkylation sites (N-methyl/N-ethyl adjacent to an activating group) is 1. The van der Waals surface area contributed by atoms with Gasteiger partial charge in [0.05, 0.1) is 10.6 Å². The van der Waals surface area contributed by atoms with Crippen molar-refractivity contribution in [3.05, 3.63) is 31.4 Å². The summed E-state index contributed by atoms with van der Waals surface area (Å²) in [6.07, 6.45) is 3.12. The van der Waals surface area contributed by atoms with Crippen molar-refractivity contribution in [1.29, 1.82) is 0 Å². The second-order valence-corrected chi connectivity index (χ2v) is 6.81. The van der Waals surface area contributed by atoms with Gasteiger partial charge in [-0.25, -0.2) is 0 Å². The highest BCUT2D eigenvalue weighted by molar-refractivity contribution is 9.10. The first-order valence-electron chi connectivity index (χ1n) is 5.95. The van der Waals surface area contributed by atoms with Gasteiger partial charge in [0.1, 0.15) is 0 Å². The zero-order chi connectivity index (χ0) is 13.0. The van der Waals surface area contributed by atoms with E-state index in [0.717, 1.165) is 29.4 Å². The van der Waals surface area contributed by atoms with Crippen LogP contribution in [-0.2, 0) is 12.8 Å². The maximum atomic E-state index is 4.24. The van der Waals surface area contributed by atoms with Crippen molar-refractivity contribution >= 4 is 38.8 Å². The van der Waals surface area contributed by atoms with Gasteiger partial charge in [-0.05, 0) is 47.0 Å². The van der Waals surface area contributed by atoms with Crippen LogP contribution in [0.3, 0.4) is 0 Å². The molecule has 0 amide bonds. The van der Waals surface area contributed by atoms with E-state index >= 15 is 0 Å². The maximum Gasteiger partial charge on any atom is 0.0803 e. The molecule has 2 heterocycles. The highest BCUT2D eigenvalue weighted by Crippen LogP contribution is 2.28. The van der Waals surface area contributed by atoms with Gasteiger partial charge >= 0.3 is 0 Å². The molecule has 0 aliphatic rings. The van der Waals surface area contributed by atoms with E-state index in [1.54, 1.807) is 11.3 Å². The van der Waals surface area contributed by atoms with Crippen LogP contribution in [0.4, 0.5) is 0 Å². The van der Waals surface area contributed by atoms with E-state index in [1.807, 2.05) is 7.05 Å². The van der Waals surface area contributed by atoms with Crippen LogP contribution in [-0.4, -0.2) is 16.6 Å². The van der Waals surface area contributed by atoms with Gasteiger partial charge in [-0.15, -0.1) is 16.4 Å². The molecule has 0 aromatic carbocycles. The molecule has 0 fully saturated rings. The summed E-state index contributed by atoms with van der Waals surface area (Å²) in [6, 6.07) is 2.50. The third kappa shape index (κ3) is 3.38. The van der Waals surface area contributed by atoms with Gasteiger partial charge in [-0.1, -0.05) is 17.8 Å². The fourth-order valence-electron chi connectivity index (χ4n) is 1.88. The lowest BCUT2D eigenvalue weighted by Gasteiger charge is -2.14. The van der Waals surface area contributed by atoms with Crippen molar-refractivity contribution in [3.63, 3.8) is 0 Å². The van der Waals surface area contributed by atoms with E-state index in [-0.39, 0.29) is 0 Å². The minimum Gasteiger partial charge on any atom is -0.312 e. The summed E-state index contributed by atoms with van der Waals surface area (Å²) in [5.74, 6) is 0. The molecule has 0 saturated heterocycles. The summed E-state index contributed by atoms with van der Waals surface area (Å²) in [4.78, 5) is 2.65. The average molecular weight is 346 g/mol. The largest absolute Gasteiger partial charge is 0.312 e. The van der Waals surface area contributed by atoms with E-state index in [0.29, 0.717) is 6.04 Å². The molecule has 0 bridgehead atoms. The molecule has 2 rings (SSSR count). The molecule has 98 valence electrons. The summed E-state index contributed by atoms with van der Waals surface area (Å²) < 4.78 is 5.26.